The van der Waals surface area contributed by atoms with Crippen LogP contribution in [-0.4, -0.2) is 55.5 Å². The monoisotopic (exact) mass is 300 g/mol. The first-order chi connectivity index (χ1) is 9.83. The molecule has 0 radical (unpaired) electrons. The number of carbonyl (C=O) groups excluding carboxylic acids is 1. The van der Waals surface area contributed by atoms with Crippen molar-refractivity contribution in [1.82, 2.24) is 10.2 Å². The molecule has 124 valence electrons. The Labute approximate surface area is 129 Å². The van der Waals surface area contributed by atoms with Crippen molar-refractivity contribution in [3.8, 4) is 0 Å². The Kier molecular flexibility index (Phi) is 7.46. The maximum Gasteiger partial charge on any atom is 0.410 e. The summed E-state index contributed by atoms with van der Waals surface area (Å²) < 4.78 is 11.0. The summed E-state index contributed by atoms with van der Waals surface area (Å²) in [6.07, 6.45) is 2.20. The van der Waals surface area contributed by atoms with Crippen molar-refractivity contribution in [3.63, 3.8) is 0 Å². The predicted molar refractivity (Wildman–Crippen MR) is 84.5 cm³/mol. The smallest absolute Gasteiger partial charge is 0.410 e. The maximum atomic E-state index is 12.2. The van der Waals surface area contributed by atoms with Gasteiger partial charge in [-0.3, -0.25) is 4.90 Å². The zero-order valence-electron chi connectivity index (χ0n) is 14.3. The van der Waals surface area contributed by atoms with Crippen LogP contribution in [0.3, 0.4) is 0 Å². The number of nitrogens with one attached hydrogen (secondary N) is 1. The van der Waals surface area contributed by atoms with E-state index in [-0.39, 0.29) is 12.1 Å². The molecule has 5 nitrogen and oxygen atoms in total. The summed E-state index contributed by atoms with van der Waals surface area (Å²) in [7, 11) is 0. The molecule has 0 aliphatic carbocycles. The Morgan fingerprint density at radius 3 is 2.81 bits per heavy atom. The molecule has 0 aromatic heterocycles. The van der Waals surface area contributed by atoms with Gasteiger partial charge in [-0.25, -0.2) is 4.79 Å². The molecule has 21 heavy (non-hydrogen) atoms. The van der Waals surface area contributed by atoms with Crippen LogP contribution in [0.2, 0.25) is 0 Å². The van der Waals surface area contributed by atoms with Gasteiger partial charge in [-0.1, -0.05) is 20.3 Å². The molecule has 0 aromatic carbocycles. The summed E-state index contributed by atoms with van der Waals surface area (Å²) in [5.41, 5.74) is -0.455. The first kappa shape index (κ1) is 18.2. The normalized spacial score (nSPS) is 21.2. The molecular formula is C16H32N2O3. The van der Waals surface area contributed by atoms with Crippen LogP contribution in [0.15, 0.2) is 0 Å². The molecule has 0 saturated carbocycles. The van der Waals surface area contributed by atoms with E-state index in [1.54, 1.807) is 4.90 Å². The van der Waals surface area contributed by atoms with E-state index < -0.39 is 5.60 Å². The molecule has 2 unspecified atom stereocenters. The van der Waals surface area contributed by atoms with Crippen LogP contribution >= 0.6 is 0 Å². The molecule has 0 spiro atoms. The van der Waals surface area contributed by atoms with Gasteiger partial charge in [0.15, 0.2) is 0 Å². The molecule has 0 bridgehead atoms. The van der Waals surface area contributed by atoms with Crippen molar-refractivity contribution in [2.45, 2.75) is 59.1 Å². The fourth-order valence-electron chi connectivity index (χ4n) is 2.48. The van der Waals surface area contributed by atoms with E-state index in [0.29, 0.717) is 25.7 Å². The Morgan fingerprint density at radius 1 is 1.48 bits per heavy atom. The summed E-state index contributed by atoms with van der Waals surface area (Å²) in [5.74, 6) is 0.662. The minimum absolute atomic E-state index is 0.0578. The fraction of sp³-hybridized carbons (Fsp3) is 0.938. The van der Waals surface area contributed by atoms with Crippen LogP contribution in [0.4, 0.5) is 4.79 Å². The average molecular weight is 300 g/mol. The van der Waals surface area contributed by atoms with Crippen molar-refractivity contribution in [3.05, 3.63) is 0 Å². The maximum absolute atomic E-state index is 12.2. The van der Waals surface area contributed by atoms with Crippen LogP contribution in [0, 0.1) is 5.92 Å². The van der Waals surface area contributed by atoms with Gasteiger partial charge >= 0.3 is 6.09 Å². The summed E-state index contributed by atoms with van der Waals surface area (Å²) in [6, 6.07) is 0.0578. The van der Waals surface area contributed by atoms with E-state index in [2.05, 4.69) is 19.2 Å². The Bertz CT molecular complexity index is 315. The second-order valence-corrected chi connectivity index (χ2v) is 6.95. The molecule has 5 heteroatoms. The summed E-state index contributed by atoms with van der Waals surface area (Å²) >= 11 is 0. The third-order valence-corrected chi connectivity index (χ3v) is 3.51. The molecule has 2 atom stereocenters. The molecule has 1 aliphatic rings. The van der Waals surface area contributed by atoms with Crippen molar-refractivity contribution in [2.24, 2.45) is 5.92 Å². The van der Waals surface area contributed by atoms with Gasteiger partial charge in [-0.05, 0) is 39.7 Å². The molecule has 1 aliphatic heterocycles. The van der Waals surface area contributed by atoms with E-state index in [1.165, 1.54) is 12.8 Å². The fourth-order valence-corrected chi connectivity index (χ4v) is 2.48. The van der Waals surface area contributed by atoms with Crippen molar-refractivity contribution in [2.75, 3.05) is 32.8 Å². The summed E-state index contributed by atoms with van der Waals surface area (Å²) in [4.78, 5) is 14.0. The van der Waals surface area contributed by atoms with Crippen molar-refractivity contribution >= 4 is 6.09 Å². The SMILES string of the molecule is CCCC(C)CNCC1COCCN1C(=O)OC(C)(C)C. The lowest BCUT2D eigenvalue weighted by Gasteiger charge is -2.36. The minimum atomic E-state index is -0.455. The summed E-state index contributed by atoms with van der Waals surface area (Å²) in [5, 5.41) is 3.46. The Balaban J connectivity index is 2.44. The van der Waals surface area contributed by atoms with E-state index in [9.17, 15) is 4.79 Å². The molecule has 1 amide bonds. The van der Waals surface area contributed by atoms with Gasteiger partial charge in [-0.15, -0.1) is 0 Å². The number of ether oxygens (including phenoxy) is 2. The van der Waals surface area contributed by atoms with Gasteiger partial charge < -0.3 is 14.8 Å². The zero-order chi connectivity index (χ0) is 15.9. The van der Waals surface area contributed by atoms with Gasteiger partial charge in [-0.2, -0.15) is 0 Å². The van der Waals surface area contributed by atoms with Crippen molar-refractivity contribution in [1.29, 1.82) is 0 Å². The topological polar surface area (TPSA) is 50.8 Å². The molecular weight excluding hydrogens is 268 g/mol. The first-order valence-electron chi connectivity index (χ1n) is 8.11. The van der Waals surface area contributed by atoms with Gasteiger partial charge in [0.25, 0.3) is 0 Å². The van der Waals surface area contributed by atoms with E-state index in [1.807, 2.05) is 20.8 Å². The highest BCUT2D eigenvalue weighted by Gasteiger charge is 2.30. The minimum Gasteiger partial charge on any atom is -0.444 e. The number of carbonyl (C=O) groups is 1. The molecule has 1 heterocycles. The largest absolute Gasteiger partial charge is 0.444 e. The number of amides is 1. The van der Waals surface area contributed by atoms with Crippen LogP contribution in [0.5, 0.6) is 0 Å². The second kappa shape index (κ2) is 8.59. The van der Waals surface area contributed by atoms with Crippen LogP contribution in [0.1, 0.15) is 47.5 Å². The number of hydrogen-bond acceptors (Lipinski definition) is 4. The number of morpholine rings is 1. The molecule has 1 rings (SSSR count). The van der Waals surface area contributed by atoms with Gasteiger partial charge in [0.1, 0.15) is 5.60 Å². The number of hydrogen-bond donors (Lipinski definition) is 1. The van der Waals surface area contributed by atoms with E-state index in [0.717, 1.165) is 13.1 Å². The quantitative estimate of drug-likeness (QED) is 0.819. The van der Waals surface area contributed by atoms with Crippen LogP contribution in [-0.2, 0) is 9.47 Å². The standard InChI is InChI=1S/C16H32N2O3/c1-6-7-13(2)10-17-11-14-12-20-9-8-18(14)15(19)21-16(3,4)5/h13-14,17H,6-12H2,1-5H3. The van der Waals surface area contributed by atoms with Gasteiger partial charge in [0.2, 0.25) is 0 Å². The van der Waals surface area contributed by atoms with Gasteiger partial charge in [0, 0.05) is 13.1 Å². The molecule has 1 N–H and O–H groups in total. The number of rotatable bonds is 6. The molecule has 1 saturated heterocycles. The van der Waals surface area contributed by atoms with Crippen LogP contribution in [0.25, 0.3) is 0 Å². The molecule has 0 aromatic rings. The predicted octanol–water partition coefficient (Wildman–Crippen LogP) is 2.65. The molecule has 1 fully saturated rings. The highest BCUT2D eigenvalue weighted by atomic mass is 16.6. The van der Waals surface area contributed by atoms with Crippen LogP contribution < -0.4 is 5.32 Å². The average Bonchev–Trinajstić information content (AvgIpc) is 2.37. The third-order valence-electron chi connectivity index (χ3n) is 3.51. The zero-order valence-corrected chi connectivity index (χ0v) is 14.3. The highest BCUT2D eigenvalue weighted by molar-refractivity contribution is 5.68. The lowest BCUT2D eigenvalue weighted by atomic mass is 10.1. The van der Waals surface area contributed by atoms with E-state index >= 15 is 0 Å². The highest BCUT2D eigenvalue weighted by Crippen LogP contribution is 2.14. The van der Waals surface area contributed by atoms with E-state index in [4.69, 9.17) is 9.47 Å². The first-order valence-corrected chi connectivity index (χ1v) is 8.11. The Hall–Kier alpha value is -0.810. The van der Waals surface area contributed by atoms with Crippen molar-refractivity contribution < 1.29 is 14.3 Å². The van der Waals surface area contributed by atoms with Gasteiger partial charge in [0.05, 0.1) is 19.3 Å². The third kappa shape index (κ3) is 7.14. The lowest BCUT2D eigenvalue weighted by Crippen LogP contribution is -2.54. The Morgan fingerprint density at radius 2 is 2.19 bits per heavy atom. The summed E-state index contributed by atoms with van der Waals surface area (Å²) in [6.45, 7) is 13.6. The lowest BCUT2D eigenvalue weighted by molar-refractivity contribution is -0.0318. The second-order valence-electron chi connectivity index (χ2n) is 6.95. The number of nitrogens with zero attached hydrogens (tertiary/aromatic N) is 1.